The smallest absolute Gasteiger partial charge is 0.326 e. The van der Waals surface area contributed by atoms with Gasteiger partial charge in [-0.15, -0.1) is 0 Å². The molecule has 0 heterocycles. The lowest BCUT2D eigenvalue weighted by Crippen LogP contribution is -2.53. The van der Waals surface area contributed by atoms with Crippen LogP contribution in [-0.2, 0) is 35.2 Å². The zero-order chi connectivity index (χ0) is 29.4. The number of hydrogen-bond donors (Lipinski definition) is 9. The zero-order valence-electron chi connectivity index (χ0n) is 21.1. The Balaban J connectivity index is 2.70. The predicted molar refractivity (Wildman–Crippen MR) is 138 cm³/mol. The van der Waals surface area contributed by atoms with Crippen LogP contribution in [-0.4, -0.2) is 89.5 Å². The molecule has 0 saturated carbocycles. The average Bonchev–Trinajstić information content (AvgIpc) is 2.87. The topological polar surface area (TPSA) is 281 Å². The van der Waals surface area contributed by atoms with Crippen LogP contribution in [0.5, 0.6) is 0 Å². The van der Waals surface area contributed by atoms with Gasteiger partial charge >= 0.3 is 11.9 Å². The minimum Gasteiger partial charge on any atom is -0.481 e. The summed E-state index contributed by atoms with van der Waals surface area (Å²) in [6, 6.07) is 4.88. The average molecular weight is 551 g/mol. The van der Waals surface area contributed by atoms with Gasteiger partial charge in [-0.1, -0.05) is 30.3 Å². The Morgan fingerprint density at radius 1 is 0.846 bits per heavy atom. The van der Waals surface area contributed by atoms with Crippen molar-refractivity contribution in [3.8, 4) is 0 Å². The van der Waals surface area contributed by atoms with Crippen molar-refractivity contribution >= 4 is 41.5 Å². The van der Waals surface area contributed by atoms with Gasteiger partial charge in [0.1, 0.15) is 12.1 Å². The van der Waals surface area contributed by atoms with Crippen LogP contribution >= 0.6 is 0 Å². The zero-order valence-corrected chi connectivity index (χ0v) is 21.1. The number of carbonyl (C=O) groups excluding carboxylic acids is 4. The lowest BCUT2D eigenvalue weighted by Gasteiger charge is -2.20. The molecule has 0 aliphatic carbocycles. The van der Waals surface area contributed by atoms with Gasteiger partial charge in [-0.25, -0.2) is 4.79 Å². The number of rotatable bonds is 17. The molecule has 1 rings (SSSR count). The fourth-order valence-electron chi connectivity index (χ4n) is 3.16. The maximum absolute atomic E-state index is 12.8. The molecule has 0 aliphatic heterocycles. The normalized spacial score (nSPS) is 12.6. The molecule has 0 unspecified atom stereocenters. The highest BCUT2D eigenvalue weighted by atomic mass is 16.4. The standard InChI is InChI=1S/C23H34N8O8/c24-14(7-4-8-27-23(25)26)20(36)28-11-17(32)30-15(9-13-5-2-1-3-6-13)21(37)29-12-18(33)31-16(22(38)39)10-19(34)35/h1-3,5-6,14-16H,4,7-12,24H2,(H,28,36)(H,29,37)(H,30,32)(H,31,33)(H,34,35)(H,38,39)(H4,25,26,27)/t14-,15-,16-/m0/s1. The second-order valence-electron chi connectivity index (χ2n) is 8.36. The molecule has 0 spiro atoms. The van der Waals surface area contributed by atoms with Crippen molar-refractivity contribution < 1.29 is 39.0 Å². The highest BCUT2D eigenvalue weighted by molar-refractivity contribution is 5.93. The Bertz CT molecular complexity index is 1050. The minimum absolute atomic E-state index is 0.0368. The number of amides is 4. The second kappa shape index (κ2) is 16.9. The van der Waals surface area contributed by atoms with Crippen molar-refractivity contribution in [1.29, 1.82) is 0 Å². The lowest BCUT2D eigenvalue weighted by molar-refractivity contribution is -0.147. The first kappa shape index (κ1) is 32.3. The SMILES string of the molecule is NC(N)=NCCC[C@H](N)C(=O)NCC(=O)N[C@@H](Cc1ccccc1)C(=O)NCC(=O)N[C@@H](CC(=O)O)C(=O)O. The quantitative estimate of drug-likeness (QED) is 0.0518. The van der Waals surface area contributed by atoms with Crippen LogP contribution < -0.4 is 38.5 Å². The van der Waals surface area contributed by atoms with Crippen LogP contribution in [0.3, 0.4) is 0 Å². The molecule has 0 radical (unpaired) electrons. The summed E-state index contributed by atoms with van der Waals surface area (Å²) < 4.78 is 0. The lowest BCUT2D eigenvalue weighted by atomic mass is 10.1. The molecule has 1 aromatic carbocycles. The second-order valence-corrected chi connectivity index (χ2v) is 8.36. The van der Waals surface area contributed by atoms with E-state index in [9.17, 15) is 28.8 Å². The molecule has 0 fully saturated rings. The van der Waals surface area contributed by atoms with E-state index in [1.807, 2.05) is 5.32 Å². The van der Waals surface area contributed by atoms with Gasteiger partial charge in [-0.2, -0.15) is 0 Å². The number of aliphatic carboxylic acids is 2. The summed E-state index contributed by atoms with van der Waals surface area (Å²) in [6.07, 6.45) is -0.113. The molecule has 0 aromatic heterocycles. The molecule has 1 aromatic rings. The van der Waals surface area contributed by atoms with E-state index in [1.165, 1.54) is 0 Å². The summed E-state index contributed by atoms with van der Waals surface area (Å²) in [5.41, 5.74) is 16.9. The number of carbonyl (C=O) groups is 6. The van der Waals surface area contributed by atoms with Gasteiger partial charge in [0.15, 0.2) is 5.96 Å². The van der Waals surface area contributed by atoms with Crippen molar-refractivity contribution in [1.82, 2.24) is 21.3 Å². The van der Waals surface area contributed by atoms with Crippen molar-refractivity contribution in [3.63, 3.8) is 0 Å². The van der Waals surface area contributed by atoms with E-state index in [1.54, 1.807) is 30.3 Å². The monoisotopic (exact) mass is 550 g/mol. The van der Waals surface area contributed by atoms with Crippen LogP contribution in [0.1, 0.15) is 24.8 Å². The van der Waals surface area contributed by atoms with E-state index in [2.05, 4.69) is 20.9 Å². The highest BCUT2D eigenvalue weighted by Gasteiger charge is 2.25. The van der Waals surface area contributed by atoms with Crippen LogP contribution in [0.15, 0.2) is 35.3 Å². The molecule has 16 nitrogen and oxygen atoms in total. The van der Waals surface area contributed by atoms with Gasteiger partial charge in [-0.3, -0.25) is 29.0 Å². The Labute approximate surface area is 223 Å². The number of carboxylic acids is 2. The largest absolute Gasteiger partial charge is 0.481 e. The number of carboxylic acid groups (broad SMARTS) is 2. The first-order valence-corrected chi connectivity index (χ1v) is 11.8. The fraction of sp³-hybridized carbons (Fsp3) is 0.435. The molecule has 39 heavy (non-hydrogen) atoms. The number of benzene rings is 1. The maximum atomic E-state index is 12.8. The number of guanidine groups is 1. The molecule has 12 N–H and O–H groups in total. The number of nitrogens with one attached hydrogen (secondary N) is 4. The van der Waals surface area contributed by atoms with Crippen LogP contribution in [0.2, 0.25) is 0 Å². The van der Waals surface area contributed by atoms with Crippen LogP contribution in [0.4, 0.5) is 0 Å². The Kier molecular flexibility index (Phi) is 14.0. The summed E-state index contributed by atoms with van der Waals surface area (Å²) in [6.45, 7) is -0.863. The molecule has 214 valence electrons. The summed E-state index contributed by atoms with van der Waals surface area (Å²) in [5.74, 6) is -6.08. The summed E-state index contributed by atoms with van der Waals surface area (Å²) >= 11 is 0. The first-order valence-electron chi connectivity index (χ1n) is 11.8. The third-order valence-corrected chi connectivity index (χ3v) is 5.10. The molecular weight excluding hydrogens is 516 g/mol. The van der Waals surface area contributed by atoms with Crippen molar-refractivity contribution in [3.05, 3.63) is 35.9 Å². The molecule has 16 heteroatoms. The number of nitrogens with two attached hydrogens (primary N) is 3. The number of nitrogens with zero attached hydrogens (tertiary/aromatic N) is 1. The van der Waals surface area contributed by atoms with Gasteiger partial charge in [0.25, 0.3) is 0 Å². The molecule has 0 bridgehead atoms. The van der Waals surface area contributed by atoms with E-state index in [-0.39, 0.29) is 25.3 Å². The Morgan fingerprint density at radius 2 is 1.41 bits per heavy atom. The van der Waals surface area contributed by atoms with Crippen molar-refractivity contribution in [2.45, 2.75) is 43.8 Å². The molecule has 0 saturated heterocycles. The number of hydrogen-bond acceptors (Lipinski definition) is 8. The van der Waals surface area contributed by atoms with E-state index in [0.717, 1.165) is 0 Å². The van der Waals surface area contributed by atoms with E-state index in [4.69, 9.17) is 27.4 Å². The minimum atomic E-state index is -1.69. The number of aliphatic imine (C=N–C) groups is 1. The van der Waals surface area contributed by atoms with Gasteiger partial charge in [0, 0.05) is 13.0 Å². The molecule has 0 aliphatic rings. The van der Waals surface area contributed by atoms with E-state index >= 15 is 0 Å². The summed E-state index contributed by atoms with van der Waals surface area (Å²) in [5, 5.41) is 26.9. The van der Waals surface area contributed by atoms with Crippen LogP contribution in [0, 0.1) is 0 Å². The van der Waals surface area contributed by atoms with Gasteiger partial charge < -0.3 is 48.7 Å². The highest BCUT2D eigenvalue weighted by Crippen LogP contribution is 2.04. The van der Waals surface area contributed by atoms with Gasteiger partial charge in [0.2, 0.25) is 23.6 Å². The first-order chi connectivity index (χ1) is 18.4. The van der Waals surface area contributed by atoms with Gasteiger partial charge in [-0.05, 0) is 18.4 Å². The van der Waals surface area contributed by atoms with Gasteiger partial charge in [0.05, 0.1) is 25.6 Å². The Morgan fingerprint density at radius 3 is 1.95 bits per heavy atom. The molecular formula is C23H34N8O8. The van der Waals surface area contributed by atoms with Crippen molar-refractivity contribution in [2.24, 2.45) is 22.2 Å². The molecule has 4 amide bonds. The maximum Gasteiger partial charge on any atom is 0.326 e. The van der Waals surface area contributed by atoms with Crippen LogP contribution in [0.25, 0.3) is 0 Å². The summed E-state index contributed by atoms with van der Waals surface area (Å²) in [4.78, 5) is 75.2. The molecule has 3 atom stereocenters. The Hall–Kier alpha value is -4.73. The van der Waals surface area contributed by atoms with E-state index in [0.29, 0.717) is 12.0 Å². The predicted octanol–water partition coefficient (Wildman–Crippen LogP) is -3.63. The third kappa shape index (κ3) is 14.0. The van der Waals surface area contributed by atoms with Crippen molar-refractivity contribution in [2.75, 3.05) is 19.6 Å². The fourth-order valence-corrected chi connectivity index (χ4v) is 3.16. The third-order valence-electron chi connectivity index (χ3n) is 5.10. The summed E-state index contributed by atoms with van der Waals surface area (Å²) in [7, 11) is 0. The van der Waals surface area contributed by atoms with E-state index < -0.39 is 73.2 Å².